The maximum atomic E-state index is 14.5. The predicted molar refractivity (Wildman–Crippen MR) is 99.2 cm³/mol. The molecule has 2 aliphatic rings. The third-order valence-corrected chi connectivity index (χ3v) is 5.07. The number of fused-ring (bicyclic) bond motifs is 1. The van der Waals surface area contributed by atoms with Crippen LogP contribution in [0.4, 0.5) is 20.6 Å². The second kappa shape index (κ2) is 6.72. The van der Waals surface area contributed by atoms with Crippen LogP contribution in [0.15, 0.2) is 40.9 Å². The van der Waals surface area contributed by atoms with E-state index in [0.717, 1.165) is 18.4 Å². The number of hydrogen-bond acceptors (Lipinski definition) is 3. The summed E-state index contributed by atoms with van der Waals surface area (Å²) >= 11 is 3.30. The molecular weight excluding hydrogens is 403 g/mol. The molecule has 0 spiro atoms. The molecule has 2 amide bonds. The number of benzene rings is 2. The minimum absolute atomic E-state index is 0.276. The standard InChI is InChI=1S/C19H16BrFN2O3/c20-14-9-12-4-2-6-23(17(12)16(21)11-14)18(24)13-3-1-5-15(10-13)22-7-8-26-19(22)25/h1,3,5,9-11H,2,4,6-8H2. The van der Waals surface area contributed by atoms with Crippen LogP contribution in [-0.4, -0.2) is 31.7 Å². The van der Waals surface area contributed by atoms with Crippen LogP contribution in [0.25, 0.3) is 0 Å². The summed E-state index contributed by atoms with van der Waals surface area (Å²) < 4.78 is 20.2. The molecule has 0 bridgehead atoms. The Bertz CT molecular complexity index is 902. The number of carbonyl (C=O) groups excluding carboxylic acids is 2. The SMILES string of the molecule is O=C1OCCN1c1cccc(C(=O)N2CCCc3cc(Br)cc(F)c32)c1. The molecular formula is C19H16BrFN2O3. The summed E-state index contributed by atoms with van der Waals surface area (Å²) in [4.78, 5) is 27.8. The van der Waals surface area contributed by atoms with Gasteiger partial charge < -0.3 is 9.64 Å². The van der Waals surface area contributed by atoms with Crippen LogP contribution in [0, 0.1) is 5.82 Å². The van der Waals surface area contributed by atoms with Gasteiger partial charge in [0.2, 0.25) is 0 Å². The Morgan fingerprint density at radius 2 is 2.04 bits per heavy atom. The normalized spacial score (nSPS) is 16.5. The monoisotopic (exact) mass is 418 g/mol. The van der Waals surface area contributed by atoms with Crippen molar-refractivity contribution in [2.45, 2.75) is 12.8 Å². The quantitative estimate of drug-likeness (QED) is 0.736. The predicted octanol–water partition coefficient (Wildman–Crippen LogP) is 4.14. The molecule has 2 aliphatic heterocycles. The van der Waals surface area contributed by atoms with Gasteiger partial charge in [-0.05, 0) is 48.7 Å². The van der Waals surface area contributed by atoms with Gasteiger partial charge in [0.25, 0.3) is 5.91 Å². The summed E-state index contributed by atoms with van der Waals surface area (Å²) in [7, 11) is 0. The molecule has 0 unspecified atom stereocenters. The van der Waals surface area contributed by atoms with Crippen molar-refractivity contribution in [2.24, 2.45) is 0 Å². The second-order valence-electron chi connectivity index (χ2n) is 6.27. The van der Waals surface area contributed by atoms with E-state index in [1.165, 1.54) is 15.9 Å². The maximum Gasteiger partial charge on any atom is 0.414 e. The van der Waals surface area contributed by atoms with Crippen molar-refractivity contribution < 1.29 is 18.7 Å². The number of amides is 2. The molecule has 2 aromatic carbocycles. The number of rotatable bonds is 2. The topological polar surface area (TPSA) is 49.9 Å². The van der Waals surface area contributed by atoms with Crippen molar-refractivity contribution in [3.8, 4) is 0 Å². The Morgan fingerprint density at radius 3 is 2.81 bits per heavy atom. The van der Waals surface area contributed by atoms with Crippen LogP contribution in [0.1, 0.15) is 22.3 Å². The van der Waals surface area contributed by atoms with Crippen LogP contribution >= 0.6 is 15.9 Å². The zero-order valence-electron chi connectivity index (χ0n) is 13.9. The van der Waals surface area contributed by atoms with Gasteiger partial charge in [-0.1, -0.05) is 22.0 Å². The molecule has 1 fully saturated rings. The van der Waals surface area contributed by atoms with E-state index in [1.54, 1.807) is 24.3 Å². The van der Waals surface area contributed by atoms with Crippen LogP contribution in [0.2, 0.25) is 0 Å². The zero-order valence-corrected chi connectivity index (χ0v) is 15.5. The van der Waals surface area contributed by atoms with E-state index in [9.17, 15) is 14.0 Å². The lowest BCUT2D eigenvalue weighted by atomic mass is 10.00. The molecule has 2 aromatic rings. The smallest absolute Gasteiger partial charge is 0.414 e. The molecule has 2 heterocycles. The molecule has 0 saturated carbocycles. The molecule has 7 heteroatoms. The van der Waals surface area contributed by atoms with E-state index >= 15 is 0 Å². The Labute approximate surface area is 158 Å². The molecule has 1 saturated heterocycles. The van der Waals surface area contributed by atoms with Crippen LogP contribution < -0.4 is 9.80 Å². The average molecular weight is 419 g/mol. The van der Waals surface area contributed by atoms with E-state index < -0.39 is 11.9 Å². The maximum absolute atomic E-state index is 14.5. The van der Waals surface area contributed by atoms with Gasteiger partial charge in [0.1, 0.15) is 12.4 Å². The summed E-state index contributed by atoms with van der Waals surface area (Å²) in [6.07, 6.45) is 1.08. The Hall–Kier alpha value is -2.41. The summed E-state index contributed by atoms with van der Waals surface area (Å²) in [5, 5.41) is 0. The van der Waals surface area contributed by atoms with Crippen molar-refractivity contribution in [3.63, 3.8) is 0 Å². The Kier molecular flexibility index (Phi) is 4.40. The first-order chi connectivity index (χ1) is 12.5. The fourth-order valence-electron chi connectivity index (χ4n) is 3.45. The summed E-state index contributed by atoms with van der Waals surface area (Å²) in [6, 6.07) is 10.0. The van der Waals surface area contributed by atoms with Gasteiger partial charge >= 0.3 is 6.09 Å². The summed E-state index contributed by atoms with van der Waals surface area (Å²) in [5.74, 6) is -0.691. The molecule has 5 nitrogen and oxygen atoms in total. The van der Waals surface area contributed by atoms with E-state index in [4.69, 9.17) is 4.74 Å². The van der Waals surface area contributed by atoms with Crippen LogP contribution in [-0.2, 0) is 11.2 Å². The van der Waals surface area contributed by atoms with Crippen LogP contribution in [0.5, 0.6) is 0 Å². The minimum atomic E-state index is -0.422. The van der Waals surface area contributed by atoms with E-state index in [0.29, 0.717) is 41.1 Å². The van der Waals surface area contributed by atoms with Gasteiger partial charge in [-0.25, -0.2) is 9.18 Å². The number of halogens is 2. The fourth-order valence-corrected chi connectivity index (χ4v) is 3.92. The van der Waals surface area contributed by atoms with Gasteiger partial charge in [-0.3, -0.25) is 9.69 Å². The lowest BCUT2D eigenvalue weighted by Gasteiger charge is -2.30. The van der Waals surface area contributed by atoms with Gasteiger partial charge in [0.05, 0.1) is 12.2 Å². The van der Waals surface area contributed by atoms with Gasteiger partial charge in [-0.15, -0.1) is 0 Å². The second-order valence-corrected chi connectivity index (χ2v) is 7.19. The first-order valence-corrected chi connectivity index (χ1v) is 9.18. The fraction of sp³-hybridized carbons (Fsp3) is 0.263. The van der Waals surface area contributed by atoms with Crippen molar-refractivity contribution >= 4 is 39.3 Å². The van der Waals surface area contributed by atoms with E-state index in [-0.39, 0.29) is 5.91 Å². The zero-order chi connectivity index (χ0) is 18.3. The lowest BCUT2D eigenvalue weighted by molar-refractivity contribution is 0.0984. The number of nitrogens with zero attached hydrogens (tertiary/aromatic N) is 2. The van der Waals surface area contributed by atoms with Crippen molar-refractivity contribution in [2.75, 3.05) is 29.5 Å². The third-order valence-electron chi connectivity index (χ3n) is 4.62. The summed E-state index contributed by atoms with van der Waals surface area (Å²) in [5.41, 5.74) is 2.18. The number of aryl methyl sites for hydroxylation is 1. The van der Waals surface area contributed by atoms with Gasteiger partial charge in [-0.2, -0.15) is 0 Å². The number of ether oxygens (including phenoxy) is 1. The van der Waals surface area contributed by atoms with E-state index in [2.05, 4.69) is 15.9 Å². The van der Waals surface area contributed by atoms with Gasteiger partial charge in [0.15, 0.2) is 0 Å². The first kappa shape index (κ1) is 17.0. The molecule has 26 heavy (non-hydrogen) atoms. The Morgan fingerprint density at radius 1 is 1.19 bits per heavy atom. The Balaban J connectivity index is 1.69. The van der Waals surface area contributed by atoms with Crippen molar-refractivity contribution in [1.82, 2.24) is 0 Å². The molecule has 0 radical (unpaired) electrons. The molecule has 4 rings (SSSR count). The van der Waals surface area contributed by atoms with Crippen molar-refractivity contribution in [1.29, 1.82) is 0 Å². The van der Waals surface area contributed by atoms with E-state index in [1.807, 2.05) is 6.07 Å². The first-order valence-electron chi connectivity index (χ1n) is 8.39. The largest absolute Gasteiger partial charge is 0.447 e. The molecule has 0 aliphatic carbocycles. The minimum Gasteiger partial charge on any atom is -0.447 e. The summed E-state index contributed by atoms with van der Waals surface area (Å²) in [6.45, 7) is 1.24. The van der Waals surface area contributed by atoms with Crippen LogP contribution in [0.3, 0.4) is 0 Å². The number of hydrogen-bond donors (Lipinski definition) is 0. The van der Waals surface area contributed by atoms with Gasteiger partial charge in [0, 0.05) is 22.3 Å². The number of carbonyl (C=O) groups is 2. The molecule has 134 valence electrons. The van der Waals surface area contributed by atoms with Crippen molar-refractivity contribution in [3.05, 3.63) is 57.8 Å². The molecule has 0 atom stereocenters. The molecule has 0 aromatic heterocycles. The third kappa shape index (κ3) is 2.96. The number of anilines is 2. The average Bonchev–Trinajstić information content (AvgIpc) is 3.06. The lowest BCUT2D eigenvalue weighted by Crippen LogP contribution is -2.36. The molecule has 0 N–H and O–H groups in total. The highest BCUT2D eigenvalue weighted by molar-refractivity contribution is 9.10. The highest BCUT2D eigenvalue weighted by atomic mass is 79.9. The number of cyclic esters (lactones) is 1. The highest BCUT2D eigenvalue weighted by Gasteiger charge is 2.28. The highest BCUT2D eigenvalue weighted by Crippen LogP contribution is 2.34.